The predicted molar refractivity (Wildman–Crippen MR) is 119 cm³/mol. The Bertz CT molecular complexity index is 1430. The maximum absolute atomic E-state index is 13.5. The number of halogens is 1. The Labute approximate surface area is 189 Å². The Morgan fingerprint density at radius 3 is 2.50 bits per heavy atom. The fourth-order valence-electron chi connectivity index (χ4n) is 3.80. The van der Waals surface area contributed by atoms with E-state index in [9.17, 15) is 14.4 Å². The molecule has 0 spiro atoms. The molecule has 158 valence electrons. The lowest BCUT2D eigenvalue weighted by atomic mass is 9.97. The molecule has 32 heavy (non-hydrogen) atoms. The molecule has 5 rings (SSSR count). The minimum absolute atomic E-state index is 0.0562. The summed E-state index contributed by atoms with van der Waals surface area (Å²) in [7, 11) is 1.30. The third-order valence-corrected chi connectivity index (χ3v) is 5.74. The average molecular weight is 492 g/mol. The monoisotopic (exact) mass is 491 g/mol. The third kappa shape index (κ3) is 3.09. The van der Waals surface area contributed by atoms with E-state index in [0.29, 0.717) is 26.6 Å². The summed E-state index contributed by atoms with van der Waals surface area (Å²) in [5, 5.41) is 0.345. The zero-order valence-electron chi connectivity index (χ0n) is 16.6. The molecular formula is C23H14BrN3O5. The van der Waals surface area contributed by atoms with Crippen molar-refractivity contribution < 1.29 is 18.7 Å². The maximum Gasteiger partial charge on any atom is 0.337 e. The molecule has 0 bridgehead atoms. The molecule has 9 heteroatoms. The number of aromatic nitrogens is 2. The van der Waals surface area contributed by atoms with Crippen molar-refractivity contribution in [1.29, 1.82) is 0 Å². The summed E-state index contributed by atoms with van der Waals surface area (Å²) in [6.07, 6.45) is 3.03. The van der Waals surface area contributed by atoms with Gasteiger partial charge in [0.15, 0.2) is 5.43 Å². The van der Waals surface area contributed by atoms with E-state index in [1.54, 1.807) is 48.5 Å². The number of carbonyl (C=O) groups excluding carboxylic acids is 2. The van der Waals surface area contributed by atoms with Crippen LogP contribution >= 0.6 is 15.9 Å². The molecule has 1 amide bonds. The molecule has 3 heterocycles. The summed E-state index contributed by atoms with van der Waals surface area (Å²) in [5.41, 5.74) is 1.12. The second kappa shape index (κ2) is 7.69. The van der Waals surface area contributed by atoms with Crippen LogP contribution in [0.5, 0.6) is 0 Å². The number of anilines is 1. The van der Waals surface area contributed by atoms with Crippen LogP contribution in [-0.4, -0.2) is 29.0 Å². The number of esters is 1. The molecule has 1 aliphatic heterocycles. The van der Waals surface area contributed by atoms with E-state index in [0.717, 1.165) is 0 Å². The lowest BCUT2D eigenvalue weighted by molar-refractivity contribution is 0.0600. The number of ether oxygens (including phenoxy) is 1. The van der Waals surface area contributed by atoms with Crippen molar-refractivity contribution in [3.05, 3.63) is 98.1 Å². The molecule has 1 atom stereocenters. The SMILES string of the molecule is COC(=O)c1ccc(C2c3c(oc4ccc(Br)cc4c3=O)C(=O)N2c2ncccn2)cc1. The van der Waals surface area contributed by atoms with Crippen LogP contribution in [0.1, 0.15) is 38.1 Å². The molecule has 0 aliphatic carbocycles. The van der Waals surface area contributed by atoms with Gasteiger partial charge in [-0.1, -0.05) is 28.1 Å². The minimum Gasteiger partial charge on any atom is -0.465 e. The third-order valence-electron chi connectivity index (χ3n) is 5.25. The van der Waals surface area contributed by atoms with Crippen LogP contribution in [0.25, 0.3) is 11.0 Å². The maximum atomic E-state index is 13.5. The van der Waals surface area contributed by atoms with E-state index < -0.39 is 17.9 Å². The van der Waals surface area contributed by atoms with Crippen molar-refractivity contribution in [2.24, 2.45) is 0 Å². The number of amides is 1. The van der Waals surface area contributed by atoms with Gasteiger partial charge in [-0.05, 0) is 42.0 Å². The lowest BCUT2D eigenvalue weighted by Gasteiger charge is -2.23. The van der Waals surface area contributed by atoms with Gasteiger partial charge in [0.05, 0.1) is 29.7 Å². The van der Waals surface area contributed by atoms with Crippen molar-refractivity contribution in [2.45, 2.75) is 6.04 Å². The summed E-state index contributed by atoms with van der Waals surface area (Å²) < 4.78 is 11.4. The highest BCUT2D eigenvalue weighted by Gasteiger charge is 2.44. The molecule has 2 aromatic heterocycles. The molecule has 2 aromatic carbocycles. The van der Waals surface area contributed by atoms with Crippen LogP contribution in [0, 0.1) is 0 Å². The number of hydrogen-bond donors (Lipinski definition) is 0. The Morgan fingerprint density at radius 2 is 1.81 bits per heavy atom. The van der Waals surface area contributed by atoms with Crippen molar-refractivity contribution in [1.82, 2.24) is 9.97 Å². The molecule has 0 radical (unpaired) electrons. The highest BCUT2D eigenvalue weighted by molar-refractivity contribution is 9.10. The quantitative estimate of drug-likeness (QED) is 0.400. The number of hydrogen-bond acceptors (Lipinski definition) is 7. The summed E-state index contributed by atoms with van der Waals surface area (Å²) in [4.78, 5) is 48.5. The van der Waals surface area contributed by atoms with Gasteiger partial charge in [0.25, 0.3) is 5.91 Å². The molecule has 0 saturated heterocycles. The Balaban J connectivity index is 1.76. The molecule has 0 fully saturated rings. The van der Waals surface area contributed by atoms with Crippen molar-refractivity contribution >= 4 is 44.7 Å². The van der Waals surface area contributed by atoms with Crippen molar-refractivity contribution in [3.63, 3.8) is 0 Å². The van der Waals surface area contributed by atoms with E-state index in [-0.39, 0.29) is 22.7 Å². The first-order valence-corrected chi connectivity index (χ1v) is 10.3. The Morgan fingerprint density at radius 1 is 1.09 bits per heavy atom. The molecular weight excluding hydrogens is 478 g/mol. The highest BCUT2D eigenvalue weighted by Crippen LogP contribution is 2.40. The second-order valence-corrected chi connectivity index (χ2v) is 7.97. The van der Waals surface area contributed by atoms with E-state index in [1.165, 1.54) is 24.4 Å². The topological polar surface area (TPSA) is 103 Å². The van der Waals surface area contributed by atoms with Crippen LogP contribution in [0.3, 0.4) is 0 Å². The summed E-state index contributed by atoms with van der Waals surface area (Å²) >= 11 is 3.37. The standard InChI is InChI=1S/C23H14BrN3O5/c1-31-22(30)13-5-3-12(4-6-13)18-17-19(28)15-11-14(24)7-8-16(15)32-20(17)21(29)27(18)23-25-9-2-10-26-23/h2-11,18H,1H3. The van der Waals surface area contributed by atoms with Crippen molar-refractivity contribution in [2.75, 3.05) is 12.0 Å². The normalized spacial score (nSPS) is 15.1. The smallest absolute Gasteiger partial charge is 0.337 e. The fourth-order valence-corrected chi connectivity index (χ4v) is 4.16. The van der Waals surface area contributed by atoms with Crippen LogP contribution < -0.4 is 10.3 Å². The summed E-state index contributed by atoms with van der Waals surface area (Å²) in [5.74, 6) is -0.928. The van der Waals surface area contributed by atoms with Gasteiger partial charge in [0, 0.05) is 16.9 Å². The molecule has 4 aromatic rings. The Hall–Kier alpha value is -3.85. The van der Waals surface area contributed by atoms with Gasteiger partial charge < -0.3 is 9.15 Å². The van der Waals surface area contributed by atoms with Gasteiger partial charge in [0.2, 0.25) is 11.7 Å². The predicted octanol–water partition coefficient (Wildman–Crippen LogP) is 3.88. The highest BCUT2D eigenvalue weighted by atomic mass is 79.9. The summed E-state index contributed by atoms with van der Waals surface area (Å²) in [6.45, 7) is 0. The van der Waals surface area contributed by atoms with Crippen LogP contribution in [0.4, 0.5) is 5.95 Å². The molecule has 0 saturated carbocycles. The number of rotatable bonds is 3. The zero-order valence-corrected chi connectivity index (χ0v) is 18.2. The first-order chi connectivity index (χ1) is 15.5. The van der Waals surface area contributed by atoms with Crippen LogP contribution in [0.15, 0.2) is 74.6 Å². The van der Waals surface area contributed by atoms with Crippen LogP contribution in [0.2, 0.25) is 0 Å². The molecule has 1 unspecified atom stereocenters. The van der Waals surface area contributed by atoms with Gasteiger partial charge in [-0.2, -0.15) is 0 Å². The van der Waals surface area contributed by atoms with Gasteiger partial charge in [0.1, 0.15) is 5.58 Å². The van der Waals surface area contributed by atoms with E-state index in [2.05, 4.69) is 25.9 Å². The first kappa shape index (κ1) is 20.1. The molecule has 0 N–H and O–H groups in total. The first-order valence-electron chi connectivity index (χ1n) is 9.54. The second-order valence-electron chi connectivity index (χ2n) is 7.05. The van der Waals surface area contributed by atoms with E-state index in [1.807, 2.05) is 0 Å². The number of carbonyl (C=O) groups is 2. The fraction of sp³-hybridized carbons (Fsp3) is 0.0870. The molecule has 8 nitrogen and oxygen atoms in total. The minimum atomic E-state index is -0.828. The molecule has 1 aliphatic rings. The lowest BCUT2D eigenvalue weighted by Crippen LogP contribution is -2.31. The van der Waals surface area contributed by atoms with Crippen molar-refractivity contribution in [3.8, 4) is 0 Å². The van der Waals surface area contributed by atoms with E-state index in [4.69, 9.17) is 9.15 Å². The summed E-state index contributed by atoms with van der Waals surface area (Å²) in [6, 6.07) is 12.3. The van der Waals surface area contributed by atoms with Gasteiger partial charge in [-0.3, -0.25) is 14.5 Å². The van der Waals surface area contributed by atoms with E-state index >= 15 is 0 Å². The van der Waals surface area contributed by atoms with Gasteiger partial charge >= 0.3 is 5.97 Å². The largest absolute Gasteiger partial charge is 0.465 e. The number of benzene rings is 2. The van der Waals surface area contributed by atoms with Gasteiger partial charge in [-0.15, -0.1) is 0 Å². The average Bonchev–Trinajstić information content (AvgIpc) is 3.12. The number of fused-ring (bicyclic) bond motifs is 2. The zero-order chi connectivity index (χ0) is 22.4. The Kier molecular flexibility index (Phi) is 4.82. The van der Waals surface area contributed by atoms with Gasteiger partial charge in [-0.25, -0.2) is 14.8 Å². The number of nitrogens with zero attached hydrogens (tertiary/aromatic N) is 3. The number of methoxy groups -OCH3 is 1. The van der Waals surface area contributed by atoms with Crippen LogP contribution in [-0.2, 0) is 4.74 Å².